The number of hydrogen-bond acceptors (Lipinski definition) is 5. The van der Waals surface area contributed by atoms with E-state index in [1.54, 1.807) is 7.11 Å². The summed E-state index contributed by atoms with van der Waals surface area (Å²) in [7, 11) is 1.63. The predicted octanol–water partition coefficient (Wildman–Crippen LogP) is 1.20. The van der Waals surface area contributed by atoms with Crippen LogP contribution in [-0.2, 0) is 11.3 Å². The van der Waals surface area contributed by atoms with Gasteiger partial charge in [0.15, 0.2) is 0 Å². The molecule has 2 aromatic rings. The normalized spacial score (nSPS) is 12.2. The molecule has 0 saturated carbocycles. The highest BCUT2D eigenvalue weighted by atomic mass is 16.5. The Bertz CT molecular complexity index is 566. The smallest absolute Gasteiger partial charge is 0.242 e. The summed E-state index contributed by atoms with van der Waals surface area (Å²) in [6, 6.07) is 7.62. The zero-order chi connectivity index (χ0) is 15.2. The van der Waals surface area contributed by atoms with E-state index in [-0.39, 0.29) is 24.4 Å². The van der Waals surface area contributed by atoms with E-state index in [0.29, 0.717) is 0 Å². The summed E-state index contributed by atoms with van der Waals surface area (Å²) in [5.41, 5.74) is 1.04. The van der Waals surface area contributed by atoms with Gasteiger partial charge in [-0.15, -0.1) is 5.10 Å². The van der Waals surface area contributed by atoms with Crippen LogP contribution in [0.25, 0.3) is 0 Å². The number of tetrazole rings is 1. The van der Waals surface area contributed by atoms with Crippen molar-refractivity contribution in [3.8, 4) is 5.75 Å². The van der Waals surface area contributed by atoms with Crippen LogP contribution in [0.1, 0.15) is 25.5 Å². The van der Waals surface area contributed by atoms with Crippen molar-refractivity contribution in [2.45, 2.75) is 26.4 Å². The first-order valence-corrected chi connectivity index (χ1v) is 6.74. The van der Waals surface area contributed by atoms with Crippen molar-refractivity contribution in [3.05, 3.63) is 36.2 Å². The first-order valence-electron chi connectivity index (χ1n) is 6.74. The largest absolute Gasteiger partial charge is 0.497 e. The van der Waals surface area contributed by atoms with Gasteiger partial charge in [-0.2, -0.15) is 0 Å². The molecule has 1 atom stereocenters. The van der Waals surface area contributed by atoms with Crippen molar-refractivity contribution in [1.29, 1.82) is 0 Å². The van der Waals surface area contributed by atoms with Gasteiger partial charge in [0.25, 0.3) is 0 Å². The third kappa shape index (κ3) is 4.01. The number of aromatic nitrogens is 4. The number of benzene rings is 1. The number of rotatable bonds is 6. The molecule has 21 heavy (non-hydrogen) atoms. The third-order valence-electron chi connectivity index (χ3n) is 3.16. The lowest BCUT2D eigenvalue weighted by Gasteiger charge is -2.23. The molecule has 2 rings (SSSR count). The minimum Gasteiger partial charge on any atom is -0.497 e. The Morgan fingerprint density at radius 3 is 2.57 bits per heavy atom. The van der Waals surface area contributed by atoms with Gasteiger partial charge in [-0.25, -0.2) is 4.68 Å². The molecule has 0 radical (unpaired) electrons. The van der Waals surface area contributed by atoms with Gasteiger partial charge >= 0.3 is 0 Å². The summed E-state index contributed by atoms with van der Waals surface area (Å²) in [6.07, 6.45) is 1.41. The van der Waals surface area contributed by atoms with Gasteiger partial charge in [0, 0.05) is 0 Å². The molecule has 0 bridgehead atoms. The van der Waals surface area contributed by atoms with Gasteiger partial charge < -0.3 is 10.1 Å². The highest BCUT2D eigenvalue weighted by Gasteiger charge is 2.18. The second-order valence-electron chi connectivity index (χ2n) is 5.07. The van der Waals surface area contributed by atoms with Crippen molar-refractivity contribution >= 4 is 5.91 Å². The maximum Gasteiger partial charge on any atom is 0.242 e. The Balaban J connectivity index is 2.05. The van der Waals surface area contributed by atoms with E-state index in [1.807, 2.05) is 24.3 Å². The zero-order valence-corrected chi connectivity index (χ0v) is 12.4. The van der Waals surface area contributed by atoms with Gasteiger partial charge in [0.2, 0.25) is 5.91 Å². The van der Waals surface area contributed by atoms with Gasteiger partial charge in [0.05, 0.1) is 13.2 Å². The number of hydrogen-bond donors (Lipinski definition) is 1. The Kier molecular flexibility index (Phi) is 4.86. The van der Waals surface area contributed by atoms with E-state index in [2.05, 4.69) is 34.7 Å². The third-order valence-corrected chi connectivity index (χ3v) is 3.16. The van der Waals surface area contributed by atoms with E-state index in [9.17, 15) is 4.79 Å². The number of nitrogens with one attached hydrogen (secondary N) is 1. The highest BCUT2D eigenvalue weighted by Crippen LogP contribution is 2.23. The molecule has 7 nitrogen and oxygen atoms in total. The lowest BCUT2D eigenvalue weighted by atomic mass is 9.96. The maximum atomic E-state index is 12.1. The molecule has 1 N–H and O–H groups in total. The summed E-state index contributed by atoms with van der Waals surface area (Å²) in [5.74, 6) is 0.925. The molecule has 0 aliphatic heterocycles. The highest BCUT2D eigenvalue weighted by molar-refractivity contribution is 5.76. The summed E-state index contributed by atoms with van der Waals surface area (Å²) in [4.78, 5) is 12.1. The Morgan fingerprint density at radius 2 is 2.05 bits per heavy atom. The SMILES string of the molecule is COc1ccc(C(NC(=O)Cn2cnnn2)C(C)C)cc1. The molecule has 1 heterocycles. The fraction of sp³-hybridized carbons (Fsp3) is 0.429. The number of carbonyl (C=O) groups excluding carboxylic acids is 1. The van der Waals surface area contributed by atoms with Crippen LogP contribution >= 0.6 is 0 Å². The van der Waals surface area contributed by atoms with Crippen LogP contribution in [0.5, 0.6) is 5.75 Å². The first kappa shape index (κ1) is 15.0. The molecule has 1 aromatic heterocycles. The molecule has 0 aliphatic rings. The molecule has 1 aromatic carbocycles. The molecule has 0 saturated heterocycles. The van der Waals surface area contributed by atoms with Crippen molar-refractivity contribution < 1.29 is 9.53 Å². The zero-order valence-electron chi connectivity index (χ0n) is 12.4. The Morgan fingerprint density at radius 1 is 1.33 bits per heavy atom. The van der Waals surface area contributed by atoms with E-state index in [4.69, 9.17) is 4.74 Å². The standard InChI is InChI=1S/C14H19N5O2/c1-10(2)14(11-4-6-12(21-3)7-5-11)16-13(20)8-19-9-15-17-18-19/h4-7,9-10,14H,8H2,1-3H3,(H,16,20). The van der Waals surface area contributed by atoms with E-state index < -0.39 is 0 Å². The molecular formula is C14H19N5O2. The van der Waals surface area contributed by atoms with Crippen molar-refractivity contribution in [3.63, 3.8) is 0 Å². The van der Waals surface area contributed by atoms with Gasteiger partial charge in [-0.05, 0) is 34.0 Å². The van der Waals surface area contributed by atoms with Crippen LogP contribution in [0.3, 0.4) is 0 Å². The maximum absolute atomic E-state index is 12.1. The van der Waals surface area contributed by atoms with Gasteiger partial charge in [-0.1, -0.05) is 26.0 Å². The summed E-state index contributed by atoms with van der Waals surface area (Å²) in [6.45, 7) is 4.23. The Labute approximate surface area is 123 Å². The molecule has 0 fully saturated rings. The van der Waals surface area contributed by atoms with Crippen LogP contribution in [-0.4, -0.2) is 33.2 Å². The van der Waals surface area contributed by atoms with Crippen LogP contribution in [0.4, 0.5) is 0 Å². The molecule has 1 amide bonds. The average Bonchev–Trinajstić information content (AvgIpc) is 2.97. The number of amides is 1. The molecule has 1 unspecified atom stereocenters. The van der Waals surface area contributed by atoms with Crippen molar-refractivity contribution in [1.82, 2.24) is 25.5 Å². The lowest BCUT2D eigenvalue weighted by molar-refractivity contribution is -0.123. The number of ether oxygens (including phenoxy) is 1. The van der Waals surface area contributed by atoms with Gasteiger partial charge in [-0.3, -0.25) is 4.79 Å². The van der Waals surface area contributed by atoms with Crippen LogP contribution in [0.2, 0.25) is 0 Å². The predicted molar refractivity (Wildman–Crippen MR) is 76.5 cm³/mol. The van der Waals surface area contributed by atoms with Crippen LogP contribution < -0.4 is 10.1 Å². The fourth-order valence-corrected chi connectivity index (χ4v) is 2.07. The minimum atomic E-state index is -0.128. The first-order chi connectivity index (χ1) is 10.1. The summed E-state index contributed by atoms with van der Waals surface area (Å²) < 4.78 is 6.54. The number of carbonyl (C=O) groups is 1. The monoisotopic (exact) mass is 289 g/mol. The molecule has 7 heteroatoms. The van der Waals surface area contributed by atoms with Crippen molar-refractivity contribution in [2.24, 2.45) is 5.92 Å². The van der Waals surface area contributed by atoms with Gasteiger partial charge in [0.1, 0.15) is 18.6 Å². The molecular weight excluding hydrogens is 270 g/mol. The average molecular weight is 289 g/mol. The van der Waals surface area contributed by atoms with E-state index in [0.717, 1.165) is 11.3 Å². The topological polar surface area (TPSA) is 81.9 Å². The van der Waals surface area contributed by atoms with Crippen LogP contribution in [0.15, 0.2) is 30.6 Å². The molecule has 0 spiro atoms. The Hall–Kier alpha value is -2.44. The quantitative estimate of drug-likeness (QED) is 0.864. The fourth-order valence-electron chi connectivity index (χ4n) is 2.07. The molecule has 0 aliphatic carbocycles. The minimum absolute atomic E-state index is 0.0695. The lowest BCUT2D eigenvalue weighted by Crippen LogP contribution is -2.34. The van der Waals surface area contributed by atoms with E-state index >= 15 is 0 Å². The molecule has 112 valence electrons. The summed E-state index contributed by atoms with van der Waals surface area (Å²) >= 11 is 0. The van der Waals surface area contributed by atoms with Crippen molar-refractivity contribution in [2.75, 3.05) is 7.11 Å². The van der Waals surface area contributed by atoms with E-state index in [1.165, 1.54) is 11.0 Å². The number of nitrogens with zero attached hydrogens (tertiary/aromatic N) is 4. The summed E-state index contributed by atoms with van der Waals surface area (Å²) in [5, 5.41) is 13.7. The second kappa shape index (κ2) is 6.83. The van der Waals surface area contributed by atoms with Crippen LogP contribution in [0, 0.1) is 5.92 Å². The number of methoxy groups -OCH3 is 1. The second-order valence-corrected chi connectivity index (χ2v) is 5.07.